The number of aryl methyl sites for hydroxylation is 1. The number of aromatic nitrogens is 2. The molecule has 0 bridgehead atoms. The number of benzene rings is 1. The third-order valence-corrected chi connectivity index (χ3v) is 3.61. The van der Waals surface area contributed by atoms with Crippen LogP contribution >= 0.6 is 15.9 Å². The first kappa shape index (κ1) is 16.7. The van der Waals surface area contributed by atoms with Gasteiger partial charge in [-0.05, 0) is 37.1 Å². The Morgan fingerprint density at radius 1 is 1.11 bits per heavy atom. The zero-order chi connectivity index (χ0) is 12.8. The molecule has 0 radical (unpaired) electrons. The van der Waals surface area contributed by atoms with Crippen molar-refractivity contribution < 1.29 is 28.5 Å². The van der Waals surface area contributed by atoms with Crippen molar-refractivity contribution in [3.8, 4) is 5.69 Å². The number of hydrogen-bond donors (Lipinski definition) is 0. The molecule has 0 fully saturated rings. The van der Waals surface area contributed by atoms with E-state index in [0.29, 0.717) is 0 Å². The van der Waals surface area contributed by atoms with Gasteiger partial charge in [0, 0.05) is 4.47 Å². The fourth-order valence-electron chi connectivity index (χ4n) is 2.01. The molecule has 2 rings (SSSR count). The number of nitrogens with zero attached hydrogens (tertiary/aromatic N) is 2. The van der Waals surface area contributed by atoms with E-state index in [9.17, 15) is 0 Å². The molecular formula is C15H20BrIN2. The maximum atomic E-state index is 3.46. The van der Waals surface area contributed by atoms with Crippen molar-refractivity contribution >= 4 is 15.9 Å². The van der Waals surface area contributed by atoms with Gasteiger partial charge in [0.15, 0.2) is 0 Å². The highest BCUT2D eigenvalue weighted by molar-refractivity contribution is 9.10. The molecule has 2 aromatic rings. The molecule has 0 N–H and O–H groups in total. The fourth-order valence-corrected chi connectivity index (χ4v) is 2.28. The molecule has 0 aliphatic heterocycles. The maximum absolute atomic E-state index is 3.46. The van der Waals surface area contributed by atoms with Gasteiger partial charge >= 0.3 is 0 Å². The molecule has 0 aliphatic carbocycles. The van der Waals surface area contributed by atoms with Gasteiger partial charge in [-0.2, -0.15) is 0 Å². The van der Waals surface area contributed by atoms with Gasteiger partial charge in [-0.1, -0.05) is 35.7 Å². The van der Waals surface area contributed by atoms with Crippen LogP contribution in [0.2, 0.25) is 0 Å². The Morgan fingerprint density at radius 3 is 2.53 bits per heavy atom. The minimum Gasteiger partial charge on any atom is -1.00 e. The van der Waals surface area contributed by atoms with Crippen molar-refractivity contribution in [3.05, 3.63) is 47.5 Å². The van der Waals surface area contributed by atoms with Crippen LogP contribution in [0.3, 0.4) is 0 Å². The van der Waals surface area contributed by atoms with E-state index in [0.717, 1.165) is 11.0 Å². The molecule has 4 heteroatoms. The largest absolute Gasteiger partial charge is 1.00 e. The van der Waals surface area contributed by atoms with Crippen LogP contribution in [-0.4, -0.2) is 4.57 Å². The van der Waals surface area contributed by atoms with Crippen molar-refractivity contribution in [1.29, 1.82) is 0 Å². The minimum absolute atomic E-state index is 0. The Balaban J connectivity index is 0.00000180. The summed E-state index contributed by atoms with van der Waals surface area (Å²) in [6.07, 6.45) is 11.7. The molecule has 1 aromatic carbocycles. The van der Waals surface area contributed by atoms with E-state index in [1.165, 1.54) is 31.4 Å². The predicted molar refractivity (Wildman–Crippen MR) is 77.8 cm³/mol. The highest BCUT2D eigenvalue weighted by Crippen LogP contribution is 2.10. The topological polar surface area (TPSA) is 8.81 Å². The third kappa shape index (κ3) is 5.26. The van der Waals surface area contributed by atoms with E-state index in [2.05, 4.69) is 75.0 Å². The molecule has 1 aromatic heterocycles. The normalized spacial score (nSPS) is 10.2. The first-order valence-electron chi connectivity index (χ1n) is 6.62. The number of rotatable bonds is 6. The Kier molecular flexibility index (Phi) is 7.68. The van der Waals surface area contributed by atoms with Crippen LogP contribution in [0, 0.1) is 0 Å². The number of hydrogen-bond acceptors (Lipinski definition) is 0. The summed E-state index contributed by atoms with van der Waals surface area (Å²) in [5.41, 5.74) is 1.20. The third-order valence-electron chi connectivity index (χ3n) is 3.09. The first-order chi connectivity index (χ1) is 8.79. The minimum atomic E-state index is 0. The molecule has 104 valence electrons. The lowest BCUT2D eigenvalue weighted by Gasteiger charge is -1.97. The fraction of sp³-hybridized carbons (Fsp3) is 0.400. The Labute approximate surface area is 141 Å². The van der Waals surface area contributed by atoms with Crippen LogP contribution in [-0.2, 0) is 6.54 Å². The summed E-state index contributed by atoms with van der Waals surface area (Å²) < 4.78 is 5.54. The van der Waals surface area contributed by atoms with Gasteiger partial charge in [-0.3, -0.25) is 0 Å². The molecule has 0 atom stereocenters. The number of halogens is 2. The second kappa shape index (κ2) is 8.74. The number of unbranched alkanes of at least 4 members (excludes halogenated alkanes) is 3. The Morgan fingerprint density at radius 2 is 1.84 bits per heavy atom. The van der Waals surface area contributed by atoms with E-state index < -0.39 is 0 Å². The average molecular weight is 435 g/mol. The first-order valence-corrected chi connectivity index (χ1v) is 7.42. The van der Waals surface area contributed by atoms with Crippen molar-refractivity contribution in [2.45, 2.75) is 39.2 Å². The van der Waals surface area contributed by atoms with E-state index in [1.54, 1.807) is 0 Å². The lowest BCUT2D eigenvalue weighted by atomic mass is 10.2. The van der Waals surface area contributed by atoms with Crippen LogP contribution in [0.1, 0.15) is 32.6 Å². The second-order valence-electron chi connectivity index (χ2n) is 4.60. The highest BCUT2D eigenvalue weighted by atomic mass is 127. The standard InChI is InChI=1S/C15H20BrN2.HI/c1-2-3-4-5-10-17-11-12-18(13-17)15-8-6-14(16)7-9-15;/h6-9,11-13H,2-5,10H2,1H3;1H/q+1;/p-1. The molecule has 1 heterocycles. The van der Waals surface area contributed by atoms with Gasteiger partial charge < -0.3 is 24.0 Å². The zero-order valence-corrected chi connectivity index (χ0v) is 15.0. The summed E-state index contributed by atoms with van der Waals surface area (Å²) in [5.74, 6) is 0. The van der Waals surface area contributed by atoms with Crippen LogP contribution < -0.4 is 28.5 Å². The zero-order valence-electron chi connectivity index (χ0n) is 11.2. The lowest BCUT2D eigenvalue weighted by Crippen LogP contribution is -3.00. The van der Waals surface area contributed by atoms with Crippen molar-refractivity contribution in [2.75, 3.05) is 0 Å². The Hall–Kier alpha value is -0.360. The molecule has 0 unspecified atom stereocenters. The van der Waals surface area contributed by atoms with Gasteiger partial charge in [0.05, 0.1) is 6.54 Å². The summed E-state index contributed by atoms with van der Waals surface area (Å²) in [5, 5.41) is 0. The monoisotopic (exact) mass is 434 g/mol. The van der Waals surface area contributed by atoms with E-state index in [4.69, 9.17) is 0 Å². The summed E-state index contributed by atoms with van der Waals surface area (Å²) in [6.45, 7) is 3.36. The van der Waals surface area contributed by atoms with Crippen molar-refractivity contribution in [1.82, 2.24) is 4.57 Å². The van der Waals surface area contributed by atoms with Crippen LogP contribution in [0.15, 0.2) is 47.5 Å². The maximum Gasteiger partial charge on any atom is 0.248 e. The van der Waals surface area contributed by atoms with Crippen molar-refractivity contribution in [2.24, 2.45) is 0 Å². The van der Waals surface area contributed by atoms with Crippen LogP contribution in [0.25, 0.3) is 5.69 Å². The van der Waals surface area contributed by atoms with E-state index in [1.807, 2.05) is 0 Å². The molecule has 0 saturated heterocycles. The van der Waals surface area contributed by atoms with E-state index in [-0.39, 0.29) is 24.0 Å². The smallest absolute Gasteiger partial charge is 0.248 e. The molecule has 0 spiro atoms. The highest BCUT2D eigenvalue weighted by Gasteiger charge is 2.05. The van der Waals surface area contributed by atoms with E-state index >= 15 is 0 Å². The molecule has 0 amide bonds. The molecule has 0 aliphatic rings. The predicted octanol–water partition coefficient (Wildman–Crippen LogP) is 1.11. The molecular weight excluding hydrogens is 415 g/mol. The molecule has 2 nitrogen and oxygen atoms in total. The number of imidazole rings is 1. The van der Waals surface area contributed by atoms with Gasteiger partial charge in [0.25, 0.3) is 0 Å². The molecule has 19 heavy (non-hydrogen) atoms. The average Bonchev–Trinajstić information content (AvgIpc) is 2.84. The lowest BCUT2D eigenvalue weighted by molar-refractivity contribution is -0.595. The quantitative estimate of drug-likeness (QED) is 0.366. The van der Waals surface area contributed by atoms with Crippen molar-refractivity contribution in [3.63, 3.8) is 0 Å². The summed E-state index contributed by atoms with van der Waals surface area (Å²) >= 11 is 3.46. The summed E-state index contributed by atoms with van der Waals surface area (Å²) in [7, 11) is 0. The Bertz CT molecular complexity index is 479. The van der Waals surface area contributed by atoms with Gasteiger partial charge in [-0.25, -0.2) is 9.13 Å². The van der Waals surface area contributed by atoms with Gasteiger partial charge in [0.2, 0.25) is 6.33 Å². The summed E-state index contributed by atoms with van der Waals surface area (Å²) in [6, 6.07) is 8.37. The second-order valence-corrected chi connectivity index (χ2v) is 5.51. The van der Waals surface area contributed by atoms with Crippen LogP contribution in [0.4, 0.5) is 0 Å². The summed E-state index contributed by atoms with van der Waals surface area (Å²) in [4.78, 5) is 0. The van der Waals surface area contributed by atoms with Gasteiger partial charge in [0.1, 0.15) is 18.1 Å². The SMILES string of the molecule is CCCCCCn1cc[n+](-c2ccc(Br)cc2)c1.[I-]. The van der Waals surface area contributed by atoms with Gasteiger partial charge in [-0.15, -0.1) is 0 Å². The van der Waals surface area contributed by atoms with Crippen LogP contribution in [0.5, 0.6) is 0 Å². The molecule has 0 saturated carbocycles.